The molecule has 10 nitrogen and oxygen atoms in total. The SMILES string of the molecule is CC(C)[C@H](NC(=O)N1c2ccccc2NC(=O)[C@@H]1C(C)C)C(=O)N[C@H](Cc1c[nH]c2ccccc12)C(=O)O. The van der Waals surface area contributed by atoms with Gasteiger partial charge in [0.15, 0.2) is 0 Å². The second-order valence-corrected chi connectivity index (χ2v) is 10.2. The normalized spacial score (nSPS) is 16.6. The number of para-hydroxylation sites is 3. The minimum absolute atomic E-state index is 0.0684. The molecule has 0 saturated carbocycles. The van der Waals surface area contributed by atoms with Crippen LogP contribution in [0.25, 0.3) is 10.9 Å². The Kier molecular flexibility index (Phi) is 7.70. The molecule has 1 aliphatic heterocycles. The molecule has 1 aliphatic rings. The van der Waals surface area contributed by atoms with E-state index in [0.717, 1.165) is 16.5 Å². The number of anilines is 2. The van der Waals surface area contributed by atoms with Crippen LogP contribution < -0.4 is 20.9 Å². The summed E-state index contributed by atoms with van der Waals surface area (Å²) >= 11 is 0. The molecule has 0 unspecified atom stereocenters. The molecule has 0 radical (unpaired) electrons. The fourth-order valence-corrected chi connectivity index (χ4v) is 4.82. The quantitative estimate of drug-likeness (QED) is 0.309. The molecule has 200 valence electrons. The van der Waals surface area contributed by atoms with Crippen molar-refractivity contribution in [1.29, 1.82) is 0 Å². The van der Waals surface area contributed by atoms with Gasteiger partial charge in [0.05, 0.1) is 11.4 Å². The van der Waals surface area contributed by atoms with Crippen molar-refractivity contribution in [3.63, 3.8) is 0 Å². The second-order valence-electron chi connectivity index (χ2n) is 10.2. The van der Waals surface area contributed by atoms with Crippen LogP contribution in [0.1, 0.15) is 33.3 Å². The summed E-state index contributed by atoms with van der Waals surface area (Å²) in [5.74, 6) is -2.67. The topological polar surface area (TPSA) is 144 Å². The molecule has 10 heteroatoms. The van der Waals surface area contributed by atoms with E-state index in [0.29, 0.717) is 11.4 Å². The predicted molar refractivity (Wildman–Crippen MR) is 145 cm³/mol. The third kappa shape index (κ3) is 5.34. The van der Waals surface area contributed by atoms with E-state index >= 15 is 0 Å². The van der Waals surface area contributed by atoms with Gasteiger partial charge in [-0.25, -0.2) is 9.59 Å². The predicted octanol–water partition coefficient (Wildman–Crippen LogP) is 3.50. The number of carbonyl (C=O) groups excluding carboxylic acids is 3. The Balaban J connectivity index is 1.55. The smallest absolute Gasteiger partial charge is 0.326 e. The summed E-state index contributed by atoms with van der Waals surface area (Å²) in [4.78, 5) is 56.4. The molecule has 3 aromatic rings. The van der Waals surface area contributed by atoms with E-state index in [4.69, 9.17) is 0 Å². The number of aromatic amines is 1. The van der Waals surface area contributed by atoms with Gasteiger partial charge in [-0.15, -0.1) is 0 Å². The van der Waals surface area contributed by atoms with Crippen molar-refractivity contribution in [1.82, 2.24) is 15.6 Å². The molecule has 3 atom stereocenters. The Hall–Kier alpha value is -4.34. The molecule has 1 aromatic heterocycles. The van der Waals surface area contributed by atoms with Gasteiger partial charge >= 0.3 is 12.0 Å². The number of hydrogen-bond acceptors (Lipinski definition) is 4. The van der Waals surface area contributed by atoms with Crippen LogP contribution in [-0.2, 0) is 20.8 Å². The van der Waals surface area contributed by atoms with E-state index in [9.17, 15) is 24.3 Å². The van der Waals surface area contributed by atoms with Gasteiger partial charge in [-0.05, 0) is 35.6 Å². The van der Waals surface area contributed by atoms with Gasteiger partial charge in [0.25, 0.3) is 0 Å². The van der Waals surface area contributed by atoms with Crippen molar-refractivity contribution in [3.05, 3.63) is 60.3 Å². The van der Waals surface area contributed by atoms with Crippen LogP contribution in [-0.4, -0.2) is 52.0 Å². The van der Waals surface area contributed by atoms with Crippen LogP contribution in [0, 0.1) is 11.8 Å². The van der Waals surface area contributed by atoms with Gasteiger partial charge in [-0.1, -0.05) is 58.0 Å². The molecule has 4 rings (SSSR count). The number of benzene rings is 2. The summed E-state index contributed by atoms with van der Waals surface area (Å²) in [5.41, 5.74) is 2.65. The van der Waals surface area contributed by atoms with Gasteiger partial charge in [0.2, 0.25) is 11.8 Å². The number of aromatic nitrogens is 1. The van der Waals surface area contributed by atoms with Crippen LogP contribution in [0.15, 0.2) is 54.7 Å². The third-order valence-electron chi connectivity index (χ3n) is 6.76. The highest BCUT2D eigenvalue weighted by Crippen LogP contribution is 2.34. The van der Waals surface area contributed by atoms with E-state index in [1.807, 2.05) is 38.1 Å². The first-order chi connectivity index (χ1) is 18.1. The molecule has 0 aliphatic carbocycles. The Morgan fingerprint density at radius 1 is 1.00 bits per heavy atom. The highest BCUT2D eigenvalue weighted by atomic mass is 16.4. The van der Waals surface area contributed by atoms with Gasteiger partial charge in [-0.3, -0.25) is 14.5 Å². The number of carboxylic acids is 1. The van der Waals surface area contributed by atoms with E-state index in [2.05, 4.69) is 20.9 Å². The number of H-pyrrole nitrogens is 1. The fraction of sp³-hybridized carbons (Fsp3) is 0.357. The molecular weight excluding hydrogens is 486 g/mol. The van der Waals surface area contributed by atoms with E-state index < -0.39 is 36.0 Å². The largest absolute Gasteiger partial charge is 0.480 e. The number of hydrogen-bond donors (Lipinski definition) is 5. The first-order valence-electron chi connectivity index (χ1n) is 12.7. The lowest BCUT2D eigenvalue weighted by Crippen LogP contribution is -2.61. The van der Waals surface area contributed by atoms with Crippen LogP contribution >= 0.6 is 0 Å². The summed E-state index contributed by atoms with van der Waals surface area (Å²) in [5, 5.41) is 19.0. The Morgan fingerprint density at radius 3 is 2.37 bits per heavy atom. The monoisotopic (exact) mass is 519 g/mol. The molecular formula is C28H33N5O5. The zero-order valence-electron chi connectivity index (χ0n) is 21.8. The van der Waals surface area contributed by atoms with Crippen LogP contribution in [0.2, 0.25) is 0 Å². The van der Waals surface area contributed by atoms with Gasteiger partial charge in [-0.2, -0.15) is 0 Å². The number of fused-ring (bicyclic) bond motifs is 2. The summed E-state index contributed by atoms with van der Waals surface area (Å²) in [6.45, 7) is 7.20. The second kappa shape index (κ2) is 11.0. The average Bonchev–Trinajstić information content (AvgIpc) is 3.28. The minimum atomic E-state index is -1.20. The lowest BCUT2D eigenvalue weighted by molar-refractivity contribution is -0.142. The molecule has 0 fully saturated rings. The molecule has 2 aromatic carbocycles. The molecule has 0 saturated heterocycles. The first kappa shape index (κ1) is 26.7. The maximum absolute atomic E-state index is 13.6. The number of aliphatic carboxylic acids is 1. The number of carboxylic acid groups (broad SMARTS) is 1. The molecule has 4 amide bonds. The highest BCUT2D eigenvalue weighted by molar-refractivity contribution is 6.12. The standard InChI is InChI=1S/C28H33N5O5/c1-15(2)23(25(34)31-21(27(36)37)13-17-14-29-19-10-6-5-9-18(17)19)32-28(38)33-22-12-8-7-11-20(22)30-26(35)24(33)16(3)4/h5-12,14-16,21,23-24,29H,13H2,1-4H3,(H,30,35)(H,31,34)(H,32,38)(H,36,37)/t21-,23+,24+/m1/s1. The lowest BCUT2D eigenvalue weighted by Gasteiger charge is -2.39. The Bertz CT molecular complexity index is 1360. The molecule has 2 heterocycles. The molecule has 38 heavy (non-hydrogen) atoms. The zero-order valence-corrected chi connectivity index (χ0v) is 21.8. The number of amides is 4. The fourth-order valence-electron chi connectivity index (χ4n) is 4.82. The van der Waals surface area contributed by atoms with E-state index in [-0.39, 0.29) is 24.2 Å². The van der Waals surface area contributed by atoms with Crippen molar-refractivity contribution >= 4 is 46.1 Å². The van der Waals surface area contributed by atoms with Crippen molar-refractivity contribution in [2.24, 2.45) is 11.8 Å². The van der Waals surface area contributed by atoms with Gasteiger partial charge in [0, 0.05) is 23.5 Å². The van der Waals surface area contributed by atoms with Crippen molar-refractivity contribution in [3.8, 4) is 0 Å². The van der Waals surface area contributed by atoms with Crippen LogP contribution in [0.4, 0.5) is 16.2 Å². The number of nitrogens with zero attached hydrogens (tertiary/aromatic N) is 1. The molecule has 0 spiro atoms. The maximum Gasteiger partial charge on any atom is 0.326 e. The van der Waals surface area contributed by atoms with Crippen molar-refractivity contribution < 1.29 is 24.3 Å². The average molecular weight is 520 g/mol. The Morgan fingerprint density at radius 2 is 1.68 bits per heavy atom. The summed E-state index contributed by atoms with van der Waals surface area (Å²) in [7, 11) is 0. The number of urea groups is 1. The summed E-state index contributed by atoms with van der Waals surface area (Å²) < 4.78 is 0. The van der Waals surface area contributed by atoms with Crippen LogP contribution in [0.3, 0.4) is 0 Å². The number of nitrogens with one attached hydrogen (secondary N) is 4. The Labute approximate surface area is 220 Å². The molecule has 5 N–H and O–H groups in total. The number of carbonyl (C=O) groups is 4. The summed E-state index contributed by atoms with van der Waals surface area (Å²) in [6, 6.07) is 10.9. The minimum Gasteiger partial charge on any atom is -0.480 e. The van der Waals surface area contributed by atoms with Crippen molar-refractivity contribution in [2.75, 3.05) is 10.2 Å². The van der Waals surface area contributed by atoms with E-state index in [1.54, 1.807) is 44.3 Å². The number of rotatable bonds is 8. The van der Waals surface area contributed by atoms with Crippen LogP contribution in [0.5, 0.6) is 0 Å². The lowest BCUT2D eigenvalue weighted by atomic mass is 9.97. The third-order valence-corrected chi connectivity index (χ3v) is 6.76. The molecule has 0 bridgehead atoms. The zero-order chi connectivity index (χ0) is 27.6. The van der Waals surface area contributed by atoms with Gasteiger partial charge < -0.3 is 26.0 Å². The maximum atomic E-state index is 13.6. The first-order valence-corrected chi connectivity index (χ1v) is 12.7. The highest BCUT2D eigenvalue weighted by Gasteiger charge is 2.40. The van der Waals surface area contributed by atoms with Gasteiger partial charge in [0.1, 0.15) is 18.1 Å². The van der Waals surface area contributed by atoms with Crippen molar-refractivity contribution in [2.45, 2.75) is 52.2 Å². The summed E-state index contributed by atoms with van der Waals surface area (Å²) in [6.07, 6.45) is 1.80. The van der Waals surface area contributed by atoms with E-state index in [1.165, 1.54) is 4.90 Å².